The Morgan fingerprint density at radius 1 is 1.54 bits per heavy atom. The van der Waals surface area contributed by atoms with Crippen molar-refractivity contribution in [3.8, 4) is 0 Å². The van der Waals surface area contributed by atoms with Crippen LogP contribution >= 0.6 is 0 Å². The molecule has 0 aliphatic rings. The summed E-state index contributed by atoms with van der Waals surface area (Å²) in [6.07, 6.45) is 3.58. The molecular formula is C11H21NO. The first-order chi connectivity index (χ1) is 5.88. The molecule has 0 saturated carbocycles. The summed E-state index contributed by atoms with van der Waals surface area (Å²) in [6, 6.07) is -0.0372. The highest BCUT2D eigenvalue weighted by molar-refractivity contribution is 5.79. The van der Waals surface area contributed by atoms with Crippen molar-refractivity contribution < 1.29 is 4.79 Å². The average molecular weight is 183 g/mol. The van der Waals surface area contributed by atoms with E-state index in [1.807, 2.05) is 0 Å². The Balaban J connectivity index is 3.85. The summed E-state index contributed by atoms with van der Waals surface area (Å²) < 4.78 is 0. The summed E-state index contributed by atoms with van der Waals surface area (Å²) in [5, 5.41) is 0. The number of hydrogen-bond acceptors (Lipinski definition) is 2. The first kappa shape index (κ1) is 12.4. The van der Waals surface area contributed by atoms with Gasteiger partial charge in [-0.25, -0.2) is 0 Å². The molecule has 13 heavy (non-hydrogen) atoms. The quantitative estimate of drug-likeness (QED) is 0.664. The second-order valence-electron chi connectivity index (χ2n) is 4.54. The maximum Gasteiger partial charge on any atom is 0.134 e. The van der Waals surface area contributed by atoms with E-state index >= 15 is 0 Å². The Kier molecular flexibility index (Phi) is 4.92. The van der Waals surface area contributed by atoms with E-state index in [1.165, 1.54) is 0 Å². The van der Waals surface area contributed by atoms with Crippen LogP contribution in [0.5, 0.6) is 0 Å². The largest absolute Gasteiger partial charge is 0.327 e. The Morgan fingerprint density at radius 2 is 2.08 bits per heavy atom. The van der Waals surface area contributed by atoms with Gasteiger partial charge in [0.25, 0.3) is 0 Å². The van der Waals surface area contributed by atoms with Crippen molar-refractivity contribution in [3.63, 3.8) is 0 Å². The number of carbonyl (C=O) groups is 1. The smallest absolute Gasteiger partial charge is 0.134 e. The Morgan fingerprint density at radius 3 is 2.46 bits per heavy atom. The van der Waals surface area contributed by atoms with Gasteiger partial charge in [-0.05, 0) is 11.8 Å². The van der Waals surface area contributed by atoms with Crippen LogP contribution in [0.2, 0.25) is 0 Å². The van der Waals surface area contributed by atoms with Gasteiger partial charge in [0.05, 0.1) is 0 Å². The van der Waals surface area contributed by atoms with E-state index in [1.54, 1.807) is 6.08 Å². The molecule has 2 nitrogen and oxygen atoms in total. The monoisotopic (exact) mass is 183 g/mol. The second-order valence-corrected chi connectivity index (χ2v) is 4.54. The number of allylic oxidation sites excluding steroid dienone is 1. The molecule has 2 heteroatoms. The molecule has 2 N–H and O–H groups in total. The third kappa shape index (κ3) is 5.58. The van der Waals surface area contributed by atoms with Gasteiger partial charge in [-0.15, -0.1) is 6.58 Å². The molecule has 0 aromatic carbocycles. The molecule has 1 atom stereocenters. The third-order valence-corrected chi connectivity index (χ3v) is 2.19. The third-order valence-electron chi connectivity index (χ3n) is 2.19. The first-order valence-corrected chi connectivity index (χ1v) is 4.76. The van der Waals surface area contributed by atoms with Gasteiger partial charge >= 0.3 is 0 Å². The standard InChI is InChI=1S/C11H21NO/c1-5-6-7-9(13)8-10(12)11(2,3)4/h5,10H,1,6-8,12H2,2-4H3. The van der Waals surface area contributed by atoms with Gasteiger partial charge in [-0.2, -0.15) is 0 Å². The number of ketones is 1. The van der Waals surface area contributed by atoms with Crippen LogP contribution in [0.1, 0.15) is 40.0 Å². The number of rotatable bonds is 5. The summed E-state index contributed by atoms with van der Waals surface area (Å²) in [7, 11) is 0. The van der Waals surface area contributed by atoms with Gasteiger partial charge < -0.3 is 5.73 Å². The van der Waals surface area contributed by atoms with Gasteiger partial charge in [-0.1, -0.05) is 26.8 Å². The minimum Gasteiger partial charge on any atom is -0.327 e. The average Bonchev–Trinajstić information content (AvgIpc) is 1.99. The van der Waals surface area contributed by atoms with Crippen LogP contribution in [0, 0.1) is 5.41 Å². The molecule has 0 saturated heterocycles. The topological polar surface area (TPSA) is 43.1 Å². The SMILES string of the molecule is C=CCCC(=O)CC(N)C(C)(C)C. The van der Waals surface area contributed by atoms with Crippen molar-refractivity contribution in [3.05, 3.63) is 12.7 Å². The van der Waals surface area contributed by atoms with Crippen LogP contribution in [0.3, 0.4) is 0 Å². The molecule has 1 unspecified atom stereocenters. The van der Waals surface area contributed by atoms with Crippen molar-refractivity contribution in [2.45, 2.75) is 46.1 Å². The van der Waals surface area contributed by atoms with Crippen molar-refractivity contribution >= 4 is 5.78 Å². The highest BCUT2D eigenvalue weighted by Gasteiger charge is 2.22. The van der Waals surface area contributed by atoms with E-state index in [0.29, 0.717) is 12.8 Å². The zero-order valence-corrected chi connectivity index (χ0v) is 8.97. The van der Waals surface area contributed by atoms with Crippen LogP contribution in [-0.2, 0) is 4.79 Å². The molecule has 0 fully saturated rings. The molecule has 0 aromatic heterocycles. The second kappa shape index (κ2) is 5.18. The predicted octanol–water partition coefficient (Wildman–Crippen LogP) is 2.29. The van der Waals surface area contributed by atoms with Crippen molar-refractivity contribution in [1.82, 2.24) is 0 Å². The summed E-state index contributed by atoms with van der Waals surface area (Å²) in [6.45, 7) is 9.74. The molecule has 0 heterocycles. The summed E-state index contributed by atoms with van der Waals surface area (Å²) in [5.41, 5.74) is 5.89. The van der Waals surface area contributed by atoms with Gasteiger partial charge in [-0.3, -0.25) is 4.79 Å². The normalized spacial score (nSPS) is 13.8. The van der Waals surface area contributed by atoms with Gasteiger partial charge in [0, 0.05) is 18.9 Å². The van der Waals surface area contributed by atoms with E-state index in [0.717, 1.165) is 6.42 Å². The number of carbonyl (C=O) groups excluding carboxylic acids is 1. The lowest BCUT2D eigenvalue weighted by atomic mass is 9.84. The fourth-order valence-electron chi connectivity index (χ4n) is 0.917. The number of nitrogens with two attached hydrogens (primary N) is 1. The molecule has 0 aromatic rings. The van der Waals surface area contributed by atoms with Gasteiger partial charge in [0.15, 0.2) is 0 Å². The Labute approximate surface area is 81.2 Å². The highest BCUT2D eigenvalue weighted by Crippen LogP contribution is 2.20. The van der Waals surface area contributed by atoms with E-state index in [4.69, 9.17) is 5.73 Å². The van der Waals surface area contributed by atoms with Crippen molar-refractivity contribution in [2.24, 2.45) is 11.1 Å². The Hall–Kier alpha value is -0.630. The summed E-state index contributed by atoms with van der Waals surface area (Å²) >= 11 is 0. The first-order valence-electron chi connectivity index (χ1n) is 4.76. The van der Waals surface area contributed by atoms with Crippen LogP contribution in [-0.4, -0.2) is 11.8 Å². The lowest BCUT2D eigenvalue weighted by Crippen LogP contribution is -2.36. The minimum atomic E-state index is -0.0372. The summed E-state index contributed by atoms with van der Waals surface area (Å²) in [5.74, 6) is 0.238. The van der Waals surface area contributed by atoms with E-state index in [-0.39, 0.29) is 17.2 Å². The number of Topliss-reactive ketones (excluding diaryl/α,β-unsaturated/α-hetero) is 1. The van der Waals surface area contributed by atoms with Crippen molar-refractivity contribution in [1.29, 1.82) is 0 Å². The van der Waals surface area contributed by atoms with Gasteiger partial charge in [0.1, 0.15) is 5.78 Å². The maximum absolute atomic E-state index is 11.3. The van der Waals surface area contributed by atoms with Crippen LogP contribution in [0.15, 0.2) is 12.7 Å². The molecule has 0 rings (SSSR count). The van der Waals surface area contributed by atoms with Crippen LogP contribution < -0.4 is 5.73 Å². The molecule has 76 valence electrons. The van der Waals surface area contributed by atoms with Crippen LogP contribution in [0.25, 0.3) is 0 Å². The zero-order chi connectivity index (χ0) is 10.5. The summed E-state index contributed by atoms with van der Waals surface area (Å²) in [4.78, 5) is 11.3. The number of hydrogen-bond donors (Lipinski definition) is 1. The van der Waals surface area contributed by atoms with Gasteiger partial charge in [0.2, 0.25) is 0 Å². The lowest BCUT2D eigenvalue weighted by Gasteiger charge is -2.26. The molecule has 0 aliphatic carbocycles. The molecule has 0 radical (unpaired) electrons. The van der Waals surface area contributed by atoms with Crippen molar-refractivity contribution in [2.75, 3.05) is 0 Å². The molecular weight excluding hydrogens is 162 g/mol. The maximum atomic E-state index is 11.3. The minimum absolute atomic E-state index is 0.0177. The molecule has 0 spiro atoms. The molecule has 0 aliphatic heterocycles. The Bertz CT molecular complexity index is 179. The van der Waals surface area contributed by atoms with E-state index in [2.05, 4.69) is 27.4 Å². The predicted molar refractivity (Wildman–Crippen MR) is 56.5 cm³/mol. The fourth-order valence-corrected chi connectivity index (χ4v) is 0.917. The molecule has 0 amide bonds. The van der Waals surface area contributed by atoms with Crippen LogP contribution in [0.4, 0.5) is 0 Å². The van der Waals surface area contributed by atoms with E-state index < -0.39 is 0 Å². The fraction of sp³-hybridized carbons (Fsp3) is 0.727. The highest BCUT2D eigenvalue weighted by atomic mass is 16.1. The zero-order valence-electron chi connectivity index (χ0n) is 8.97. The lowest BCUT2D eigenvalue weighted by molar-refractivity contribution is -0.119. The van der Waals surface area contributed by atoms with E-state index in [9.17, 15) is 4.79 Å². The molecule has 0 bridgehead atoms.